The van der Waals surface area contributed by atoms with Crippen molar-refractivity contribution in [2.75, 3.05) is 0 Å². The molecule has 2 aromatic rings. The van der Waals surface area contributed by atoms with Crippen LogP contribution in [0.25, 0.3) is 0 Å². The SMILES string of the molecule is Cc1cc(CNC(=O)c2ccc(F)cc2F)c(C)o1. The average Bonchev–Trinajstić information content (AvgIpc) is 2.65. The maximum Gasteiger partial charge on any atom is 0.254 e. The summed E-state index contributed by atoms with van der Waals surface area (Å²) in [5, 5.41) is 2.57. The summed E-state index contributed by atoms with van der Waals surface area (Å²) in [6, 6.07) is 4.65. The highest BCUT2D eigenvalue weighted by molar-refractivity contribution is 5.94. The van der Waals surface area contributed by atoms with Gasteiger partial charge < -0.3 is 9.73 Å². The Morgan fingerprint density at radius 3 is 2.58 bits per heavy atom. The molecule has 100 valence electrons. The highest BCUT2D eigenvalue weighted by atomic mass is 19.1. The van der Waals surface area contributed by atoms with E-state index >= 15 is 0 Å². The highest BCUT2D eigenvalue weighted by Crippen LogP contribution is 2.14. The van der Waals surface area contributed by atoms with E-state index in [1.54, 1.807) is 19.9 Å². The van der Waals surface area contributed by atoms with E-state index in [0.717, 1.165) is 23.5 Å². The van der Waals surface area contributed by atoms with E-state index in [4.69, 9.17) is 4.42 Å². The van der Waals surface area contributed by atoms with Crippen molar-refractivity contribution in [3.8, 4) is 0 Å². The predicted molar refractivity (Wildman–Crippen MR) is 65.7 cm³/mol. The zero-order valence-electron chi connectivity index (χ0n) is 10.6. The monoisotopic (exact) mass is 265 g/mol. The lowest BCUT2D eigenvalue weighted by molar-refractivity contribution is 0.0946. The van der Waals surface area contributed by atoms with Crippen LogP contribution in [-0.4, -0.2) is 5.91 Å². The quantitative estimate of drug-likeness (QED) is 0.926. The van der Waals surface area contributed by atoms with Crippen molar-refractivity contribution < 1.29 is 18.0 Å². The second-order valence-electron chi connectivity index (χ2n) is 4.25. The lowest BCUT2D eigenvalue weighted by Gasteiger charge is -2.05. The first-order chi connectivity index (χ1) is 8.97. The Hall–Kier alpha value is -2.17. The third-order valence-electron chi connectivity index (χ3n) is 2.76. The molecule has 1 heterocycles. The number of carbonyl (C=O) groups is 1. The smallest absolute Gasteiger partial charge is 0.254 e. The Morgan fingerprint density at radius 2 is 2.00 bits per heavy atom. The number of rotatable bonds is 3. The van der Waals surface area contributed by atoms with E-state index in [2.05, 4.69) is 5.32 Å². The van der Waals surface area contributed by atoms with Crippen LogP contribution >= 0.6 is 0 Å². The Bertz CT molecular complexity index is 620. The van der Waals surface area contributed by atoms with Crippen molar-refractivity contribution in [3.63, 3.8) is 0 Å². The summed E-state index contributed by atoms with van der Waals surface area (Å²) in [5.74, 6) is -0.726. The molecule has 0 aliphatic heterocycles. The van der Waals surface area contributed by atoms with Gasteiger partial charge in [-0.25, -0.2) is 8.78 Å². The molecule has 0 bridgehead atoms. The first-order valence-electron chi connectivity index (χ1n) is 5.76. The fourth-order valence-corrected chi connectivity index (χ4v) is 1.80. The first-order valence-corrected chi connectivity index (χ1v) is 5.76. The predicted octanol–water partition coefficient (Wildman–Crippen LogP) is 3.10. The van der Waals surface area contributed by atoms with Gasteiger partial charge in [-0.3, -0.25) is 4.79 Å². The molecule has 0 saturated heterocycles. The molecule has 0 saturated carbocycles. The van der Waals surface area contributed by atoms with Gasteiger partial charge in [0.05, 0.1) is 5.56 Å². The van der Waals surface area contributed by atoms with Crippen LogP contribution in [0.1, 0.15) is 27.4 Å². The lowest BCUT2D eigenvalue weighted by atomic mass is 10.2. The Balaban J connectivity index is 2.07. The minimum absolute atomic E-state index is 0.181. The van der Waals surface area contributed by atoms with Crippen molar-refractivity contribution in [3.05, 3.63) is 58.5 Å². The van der Waals surface area contributed by atoms with Gasteiger partial charge in [-0.1, -0.05) is 0 Å². The molecule has 1 aromatic carbocycles. The second-order valence-corrected chi connectivity index (χ2v) is 4.25. The Kier molecular flexibility index (Phi) is 3.64. The number of hydrogen-bond donors (Lipinski definition) is 1. The molecule has 0 radical (unpaired) electrons. The lowest BCUT2D eigenvalue weighted by Crippen LogP contribution is -2.24. The van der Waals surface area contributed by atoms with Crippen LogP contribution in [0, 0.1) is 25.5 Å². The van der Waals surface area contributed by atoms with Crippen LogP contribution in [0.4, 0.5) is 8.78 Å². The van der Waals surface area contributed by atoms with Gasteiger partial charge in [0.25, 0.3) is 5.91 Å². The van der Waals surface area contributed by atoms with E-state index in [0.29, 0.717) is 11.8 Å². The largest absolute Gasteiger partial charge is 0.466 e. The van der Waals surface area contributed by atoms with Crippen LogP contribution in [0.15, 0.2) is 28.7 Å². The zero-order valence-corrected chi connectivity index (χ0v) is 10.6. The number of carbonyl (C=O) groups excluding carboxylic acids is 1. The minimum atomic E-state index is -0.877. The third kappa shape index (κ3) is 2.99. The van der Waals surface area contributed by atoms with E-state index in [-0.39, 0.29) is 12.1 Å². The number of amides is 1. The van der Waals surface area contributed by atoms with E-state index in [1.807, 2.05) is 0 Å². The standard InChI is InChI=1S/C14H13F2NO2/c1-8-5-10(9(2)19-8)7-17-14(18)12-4-3-11(15)6-13(12)16/h3-6H,7H2,1-2H3,(H,17,18). The van der Waals surface area contributed by atoms with E-state index in [1.165, 1.54) is 0 Å². The molecule has 0 unspecified atom stereocenters. The number of hydrogen-bond acceptors (Lipinski definition) is 2. The van der Waals surface area contributed by atoms with Gasteiger partial charge in [0, 0.05) is 18.2 Å². The summed E-state index contributed by atoms with van der Waals surface area (Å²) in [6.07, 6.45) is 0. The van der Waals surface area contributed by atoms with Gasteiger partial charge >= 0.3 is 0 Å². The molecule has 3 nitrogen and oxygen atoms in total. The maximum absolute atomic E-state index is 13.4. The van der Waals surface area contributed by atoms with E-state index in [9.17, 15) is 13.6 Å². The van der Waals surface area contributed by atoms with Crippen molar-refractivity contribution in [2.45, 2.75) is 20.4 Å². The molecular formula is C14H13F2NO2. The molecule has 1 amide bonds. The normalized spacial score (nSPS) is 10.5. The summed E-state index contributed by atoms with van der Waals surface area (Å²) >= 11 is 0. The first kappa shape index (κ1) is 13.3. The van der Waals surface area contributed by atoms with Crippen LogP contribution in [0.5, 0.6) is 0 Å². The molecule has 0 aliphatic rings. The van der Waals surface area contributed by atoms with Gasteiger partial charge in [0.15, 0.2) is 0 Å². The topological polar surface area (TPSA) is 42.2 Å². The fraction of sp³-hybridized carbons (Fsp3) is 0.214. The molecule has 0 spiro atoms. The van der Waals surface area contributed by atoms with Crippen LogP contribution in [-0.2, 0) is 6.54 Å². The number of benzene rings is 1. The van der Waals surface area contributed by atoms with Gasteiger partial charge in [-0.2, -0.15) is 0 Å². The average molecular weight is 265 g/mol. The van der Waals surface area contributed by atoms with Crippen molar-refractivity contribution in [1.82, 2.24) is 5.32 Å². The van der Waals surface area contributed by atoms with Gasteiger partial charge in [0.1, 0.15) is 23.2 Å². The van der Waals surface area contributed by atoms with E-state index < -0.39 is 17.5 Å². The summed E-state index contributed by atoms with van der Waals surface area (Å²) in [5.41, 5.74) is 0.646. The summed E-state index contributed by atoms with van der Waals surface area (Å²) in [4.78, 5) is 11.8. The van der Waals surface area contributed by atoms with Gasteiger partial charge in [-0.15, -0.1) is 0 Å². The molecule has 0 aliphatic carbocycles. The summed E-state index contributed by atoms with van der Waals surface area (Å²) in [7, 11) is 0. The Morgan fingerprint density at radius 1 is 1.26 bits per heavy atom. The number of furan rings is 1. The molecule has 1 aromatic heterocycles. The Labute approximate surface area is 109 Å². The van der Waals surface area contributed by atoms with Gasteiger partial charge in [0.2, 0.25) is 0 Å². The molecule has 19 heavy (non-hydrogen) atoms. The molecule has 0 fully saturated rings. The molecule has 5 heteroatoms. The van der Waals surface area contributed by atoms with Gasteiger partial charge in [-0.05, 0) is 32.0 Å². The minimum Gasteiger partial charge on any atom is -0.466 e. The van der Waals surface area contributed by atoms with Crippen molar-refractivity contribution in [2.24, 2.45) is 0 Å². The highest BCUT2D eigenvalue weighted by Gasteiger charge is 2.13. The third-order valence-corrected chi connectivity index (χ3v) is 2.76. The second kappa shape index (κ2) is 5.22. The summed E-state index contributed by atoms with van der Waals surface area (Å²) < 4.78 is 31.4. The zero-order chi connectivity index (χ0) is 14.0. The number of aryl methyl sites for hydroxylation is 2. The maximum atomic E-state index is 13.4. The van der Waals surface area contributed by atoms with Crippen LogP contribution in [0.3, 0.4) is 0 Å². The van der Waals surface area contributed by atoms with Crippen LogP contribution < -0.4 is 5.32 Å². The summed E-state index contributed by atoms with van der Waals surface area (Å²) in [6.45, 7) is 3.82. The van der Waals surface area contributed by atoms with Crippen molar-refractivity contribution >= 4 is 5.91 Å². The number of halogens is 2. The number of nitrogens with one attached hydrogen (secondary N) is 1. The molecule has 2 rings (SSSR count). The van der Waals surface area contributed by atoms with Crippen LogP contribution in [0.2, 0.25) is 0 Å². The molecule has 0 atom stereocenters. The fourth-order valence-electron chi connectivity index (χ4n) is 1.80. The molecular weight excluding hydrogens is 252 g/mol. The molecule has 1 N–H and O–H groups in total. The van der Waals surface area contributed by atoms with Crippen molar-refractivity contribution in [1.29, 1.82) is 0 Å².